The Morgan fingerprint density at radius 2 is 2.57 bits per heavy atom. The lowest BCUT2D eigenvalue weighted by molar-refractivity contribution is 0.0157. The highest BCUT2D eigenvalue weighted by molar-refractivity contribution is 7.06. The van der Waals surface area contributed by atoms with Crippen LogP contribution in [0.5, 0.6) is 5.88 Å². The number of nitrogens with zero attached hydrogens (tertiary/aromatic N) is 1. The second-order valence-corrected chi connectivity index (χ2v) is 4.35. The van der Waals surface area contributed by atoms with Gasteiger partial charge in [-0.1, -0.05) is 0 Å². The number of nitrogens with one attached hydrogen (secondary N) is 1. The molecule has 1 aliphatic rings. The predicted octanol–water partition coefficient (Wildman–Crippen LogP) is 0.723. The monoisotopic (exact) mass is 214 g/mol. The molecule has 1 aromatic heterocycles. The average Bonchev–Trinajstić information content (AvgIpc) is 2.67. The molecule has 2 N–H and O–H groups in total. The van der Waals surface area contributed by atoms with Crippen molar-refractivity contribution in [1.82, 2.24) is 9.69 Å². The van der Waals surface area contributed by atoms with E-state index in [0.29, 0.717) is 12.4 Å². The lowest BCUT2D eigenvalue weighted by atomic mass is 9.93. The molecule has 5 heteroatoms. The van der Waals surface area contributed by atoms with Gasteiger partial charge in [-0.25, -0.2) is 0 Å². The van der Waals surface area contributed by atoms with Gasteiger partial charge < -0.3 is 15.2 Å². The van der Waals surface area contributed by atoms with Gasteiger partial charge in [-0.3, -0.25) is 0 Å². The number of piperidine rings is 1. The van der Waals surface area contributed by atoms with Gasteiger partial charge in [0.15, 0.2) is 0 Å². The highest BCUT2D eigenvalue weighted by Crippen LogP contribution is 2.33. The third kappa shape index (κ3) is 1.75. The second-order valence-electron chi connectivity index (χ2n) is 3.55. The Bertz CT molecular complexity index is 308. The van der Waals surface area contributed by atoms with Crippen molar-refractivity contribution in [2.24, 2.45) is 0 Å². The van der Waals surface area contributed by atoms with Gasteiger partial charge in [0.25, 0.3) is 0 Å². The minimum Gasteiger partial charge on any atom is -0.480 e. The van der Waals surface area contributed by atoms with E-state index >= 15 is 0 Å². The molecule has 0 aliphatic carbocycles. The SMILES string of the molecule is COc1cc(C2(O)CCCNC2)sn1. The number of hydrogen-bond donors (Lipinski definition) is 2. The molecule has 0 bridgehead atoms. The van der Waals surface area contributed by atoms with Crippen LogP contribution in [-0.2, 0) is 5.60 Å². The molecule has 0 spiro atoms. The van der Waals surface area contributed by atoms with E-state index in [-0.39, 0.29) is 0 Å². The first-order chi connectivity index (χ1) is 6.74. The van der Waals surface area contributed by atoms with Gasteiger partial charge in [0.2, 0.25) is 5.88 Å². The molecular weight excluding hydrogens is 200 g/mol. The molecule has 2 heterocycles. The summed E-state index contributed by atoms with van der Waals surface area (Å²) in [4.78, 5) is 0.890. The van der Waals surface area contributed by atoms with Crippen molar-refractivity contribution in [2.45, 2.75) is 18.4 Å². The summed E-state index contributed by atoms with van der Waals surface area (Å²) in [7, 11) is 1.59. The molecule has 1 aliphatic heterocycles. The highest BCUT2D eigenvalue weighted by atomic mass is 32.1. The number of rotatable bonds is 2. The quantitative estimate of drug-likeness (QED) is 0.762. The zero-order chi connectivity index (χ0) is 10.0. The van der Waals surface area contributed by atoms with Gasteiger partial charge in [-0.15, -0.1) is 0 Å². The Hall–Kier alpha value is -0.650. The van der Waals surface area contributed by atoms with Crippen LogP contribution in [0.25, 0.3) is 0 Å². The number of methoxy groups -OCH3 is 1. The van der Waals surface area contributed by atoms with Crippen LogP contribution >= 0.6 is 11.5 Å². The summed E-state index contributed by atoms with van der Waals surface area (Å²) >= 11 is 1.31. The molecule has 14 heavy (non-hydrogen) atoms. The van der Waals surface area contributed by atoms with E-state index in [1.54, 1.807) is 7.11 Å². The average molecular weight is 214 g/mol. The fourth-order valence-electron chi connectivity index (χ4n) is 1.67. The molecule has 0 saturated carbocycles. The van der Waals surface area contributed by atoms with Crippen LogP contribution < -0.4 is 10.1 Å². The summed E-state index contributed by atoms with van der Waals surface area (Å²) in [6.45, 7) is 1.59. The topological polar surface area (TPSA) is 54.4 Å². The summed E-state index contributed by atoms with van der Waals surface area (Å²) in [5, 5.41) is 13.5. The Kier molecular flexibility index (Phi) is 2.71. The van der Waals surface area contributed by atoms with Crippen LogP contribution in [-0.4, -0.2) is 29.7 Å². The van der Waals surface area contributed by atoms with Crippen molar-refractivity contribution in [3.8, 4) is 5.88 Å². The summed E-state index contributed by atoms with van der Waals surface area (Å²) in [5.41, 5.74) is -0.743. The van der Waals surface area contributed by atoms with Crippen molar-refractivity contribution in [2.75, 3.05) is 20.2 Å². The molecule has 0 radical (unpaired) electrons. The van der Waals surface area contributed by atoms with Crippen molar-refractivity contribution in [3.63, 3.8) is 0 Å². The summed E-state index contributed by atoms with van der Waals surface area (Å²) in [5.74, 6) is 0.587. The number of β-amino-alcohol motifs (C(OH)–C–C–N with tert-alkyl or cyclic N) is 1. The lowest BCUT2D eigenvalue weighted by Crippen LogP contribution is -2.42. The first-order valence-electron chi connectivity index (χ1n) is 4.69. The first kappa shape index (κ1) is 9.89. The van der Waals surface area contributed by atoms with E-state index in [4.69, 9.17) is 4.74 Å². The van der Waals surface area contributed by atoms with Crippen molar-refractivity contribution < 1.29 is 9.84 Å². The van der Waals surface area contributed by atoms with E-state index in [1.807, 2.05) is 6.07 Å². The molecule has 0 amide bonds. The van der Waals surface area contributed by atoms with Crippen LogP contribution in [0.1, 0.15) is 17.7 Å². The number of aromatic nitrogens is 1. The van der Waals surface area contributed by atoms with Gasteiger partial charge in [0, 0.05) is 12.6 Å². The number of ether oxygens (including phenoxy) is 1. The Morgan fingerprint density at radius 3 is 3.14 bits per heavy atom. The van der Waals surface area contributed by atoms with E-state index < -0.39 is 5.60 Å². The third-order valence-electron chi connectivity index (χ3n) is 2.52. The maximum absolute atomic E-state index is 10.3. The summed E-state index contributed by atoms with van der Waals surface area (Å²) in [6.07, 6.45) is 1.79. The maximum atomic E-state index is 10.3. The van der Waals surface area contributed by atoms with Gasteiger partial charge >= 0.3 is 0 Å². The van der Waals surface area contributed by atoms with Crippen LogP contribution in [0.2, 0.25) is 0 Å². The molecule has 1 aromatic rings. The van der Waals surface area contributed by atoms with Crippen LogP contribution in [0.15, 0.2) is 6.07 Å². The fraction of sp³-hybridized carbons (Fsp3) is 0.667. The van der Waals surface area contributed by atoms with Gasteiger partial charge in [0.05, 0.1) is 12.0 Å². The molecular formula is C9H14N2O2S. The van der Waals surface area contributed by atoms with E-state index in [0.717, 1.165) is 24.3 Å². The largest absolute Gasteiger partial charge is 0.480 e. The normalized spacial score (nSPS) is 27.6. The zero-order valence-corrected chi connectivity index (χ0v) is 8.93. The molecule has 1 atom stereocenters. The van der Waals surface area contributed by atoms with Crippen molar-refractivity contribution in [3.05, 3.63) is 10.9 Å². The van der Waals surface area contributed by atoms with Crippen LogP contribution in [0.3, 0.4) is 0 Å². The van der Waals surface area contributed by atoms with Crippen LogP contribution in [0, 0.1) is 0 Å². The van der Waals surface area contributed by atoms with Gasteiger partial charge in [-0.05, 0) is 30.9 Å². The standard InChI is InChI=1S/C9H14N2O2S/c1-13-8-5-7(14-11-8)9(12)3-2-4-10-6-9/h5,10,12H,2-4,6H2,1H3. The highest BCUT2D eigenvalue weighted by Gasteiger charge is 2.33. The van der Waals surface area contributed by atoms with Crippen molar-refractivity contribution in [1.29, 1.82) is 0 Å². The molecule has 1 saturated heterocycles. The second kappa shape index (κ2) is 3.84. The Labute approximate surface area is 87.1 Å². The minimum absolute atomic E-state index is 0.587. The van der Waals surface area contributed by atoms with E-state index in [9.17, 15) is 5.11 Å². The zero-order valence-electron chi connectivity index (χ0n) is 8.12. The molecule has 1 unspecified atom stereocenters. The van der Waals surface area contributed by atoms with Gasteiger partial charge in [0.1, 0.15) is 5.60 Å². The van der Waals surface area contributed by atoms with Crippen LogP contribution in [0.4, 0.5) is 0 Å². The smallest absolute Gasteiger partial charge is 0.225 e. The van der Waals surface area contributed by atoms with Gasteiger partial charge in [-0.2, -0.15) is 4.37 Å². The first-order valence-corrected chi connectivity index (χ1v) is 5.46. The molecule has 2 rings (SSSR count). The fourth-order valence-corrected chi connectivity index (χ4v) is 2.49. The minimum atomic E-state index is -0.743. The molecule has 78 valence electrons. The Balaban J connectivity index is 2.19. The van der Waals surface area contributed by atoms with E-state index in [2.05, 4.69) is 9.69 Å². The summed E-state index contributed by atoms with van der Waals surface area (Å²) in [6, 6.07) is 1.82. The maximum Gasteiger partial charge on any atom is 0.225 e. The molecule has 1 fully saturated rings. The number of aliphatic hydroxyl groups is 1. The molecule has 4 nitrogen and oxygen atoms in total. The van der Waals surface area contributed by atoms with E-state index in [1.165, 1.54) is 11.5 Å². The lowest BCUT2D eigenvalue weighted by Gasteiger charge is -2.31. The Morgan fingerprint density at radius 1 is 1.71 bits per heavy atom. The third-order valence-corrected chi connectivity index (χ3v) is 3.48. The number of hydrogen-bond acceptors (Lipinski definition) is 5. The van der Waals surface area contributed by atoms with Crippen molar-refractivity contribution >= 4 is 11.5 Å². The predicted molar refractivity (Wildman–Crippen MR) is 54.7 cm³/mol. The molecule has 0 aromatic carbocycles. The summed E-state index contributed by atoms with van der Waals surface area (Å²) < 4.78 is 9.09.